The number of rotatable bonds is 12. The van der Waals surface area contributed by atoms with Crippen LogP contribution in [0.4, 0.5) is 0 Å². The zero-order valence-corrected chi connectivity index (χ0v) is 24.0. The molecule has 1 N–H and O–H groups in total. The molecular weight excluding hydrogens is 524 g/mol. The lowest BCUT2D eigenvalue weighted by Gasteiger charge is -2.43. The molecule has 40 heavy (non-hydrogen) atoms. The first-order valence-corrected chi connectivity index (χ1v) is 14.4. The first-order valence-electron chi connectivity index (χ1n) is 13.5. The van der Waals surface area contributed by atoms with Crippen LogP contribution in [0.3, 0.4) is 0 Å². The van der Waals surface area contributed by atoms with Crippen LogP contribution in [0.25, 0.3) is 0 Å². The van der Waals surface area contributed by atoms with E-state index in [4.69, 9.17) is 18.9 Å². The predicted octanol–water partition coefficient (Wildman–Crippen LogP) is 4.27. The van der Waals surface area contributed by atoms with Crippen molar-refractivity contribution < 1.29 is 24.1 Å². The Balaban J connectivity index is 1.60. The number of aliphatic hydroxyl groups is 1. The molecule has 1 heterocycles. The van der Waals surface area contributed by atoms with Crippen LogP contribution in [0.2, 0.25) is 0 Å². The van der Waals surface area contributed by atoms with E-state index in [0.29, 0.717) is 26.2 Å². The molecule has 5 atom stereocenters. The van der Waals surface area contributed by atoms with Crippen molar-refractivity contribution in [1.29, 1.82) is 0 Å². The van der Waals surface area contributed by atoms with Crippen molar-refractivity contribution in [2.75, 3.05) is 20.7 Å². The van der Waals surface area contributed by atoms with Gasteiger partial charge in [0.1, 0.15) is 23.7 Å². The van der Waals surface area contributed by atoms with E-state index < -0.39 is 18.3 Å². The highest BCUT2D eigenvalue weighted by molar-refractivity contribution is 8.14. The van der Waals surface area contributed by atoms with Crippen molar-refractivity contribution in [3.05, 3.63) is 108 Å². The second kappa shape index (κ2) is 15.7. The topological polar surface area (TPSA) is 74.5 Å². The molecule has 8 heteroatoms. The highest BCUT2D eigenvalue weighted by atomic mass is 32.2. The van der Waals surface area contributed by atoms with Gasteiger partial charge in [0.2, 0.25) is 0 Å². The maximum absolute atomic E-state index is 10.5. The summed E-state index contributed by atoms with van der Waals surface area (Å²) in [7, 11) is 3.85. The monoisotopic (exact) mass is 563 g/mol. The molecule has 5 unspecified atom stereocenters. The Morgan fingerprint density at radius 2 is 1.43 bits per heavy atom. The van der Waals surface area contributed by atoms with Gasteiger partial charge in [-0.25, -0.2) is 9.57 Å². The Morgan fingerprint density at radius 3 is 1.93 bits per heavy atom. The van der Waals surface area contributed by atoms with Crippen molar-refractivity contribution in [3.8, 4) is 0 Å². The molecule has 0 aromatic heterocycles. The van der Waals surface area contributed by atoms with Gasteiger partial charge in [0.25, 0.3) is 0 Å². The minimum atomic E-state index is -0.633. The summed E-state index contributed by atoms with van der Waals surface area (Å²) < 4.78 is 30.2. The van der Waals surface area contributed by atoms with Crippen molar-refractivity contribution >= 4 is 23.6 Å². The van der Waals surface area contributed by atoms with Crippen molar-refractivity contribution in [1.82, 2.24) is 9.57 Å². The molecule has 4 rings (SSSR count). The van der Waals surface area contributed by atoms with Crippen LogP contribution >= 0.6 is 11.8 Å². The summed E-state index contributed by atoms with van der Waals surface area (Å²) in [5.74, 6) is 0. The van der Waals surface area contributed by atoms with E-state index in [-0.39, 0.29) is 18.1 Å². The molecule has 1 saturated heterocycles. The van der Waals surface area contributed by atoms with Crippen LogP contribution in [0, 0.1) is 0 Å². The van der Waals surface area contributed by atoms with Gasteiger partial charge in [0.15, 0.2) is 6.72 Å². The zero-order valence-electron chi connectivity index (χ0n) is 23.2. The van der Waals surface area contributed by atoms with Gasteiger partial charge in [-0.3, -0.25) is 0 Å². The van der Waals surface area contributed by atoms with Crippen LogP contribution in [-0.4, -0.2) is 72.4 Å². The molecule has 3 aromatic rings. The normalized spacial score (nSPS) is 21.4. The third kappa shape index (κ3) is 8.78. The highest BCUT2D eigenvalue weighted by Gasteiger charge is 2.46. The van der Waals surface area contributed by atoms with E-state index in [1.165, 1.54) is 11.8 Å². The Bertz CT molecular complexity index is 1190. The molecule has 3 aromatic carbocycles. The average molecular weight is 564 g/mol. The maximum Gasteiger partial charge on any atom is 0.407 e. The summed E-state index contributed by atoms with van der Waals surface area (Å²) in [5.41, 5.74) is 2.83. The van der Waals surface area contributed by atoms with Gasteiger partial charge in [-0.1, -0.05) is 91.0 Å². The SMILES string of the molecule is C=[N+]=C(SC1CC(OCc2ccccc2)C(OCc2ccccc2)C(C(CO)OCc2ccccc2)O1)N(C)C. The fourth-order valence-electron chi connectivity index (χ4n) is 4.56. The Morgan fingerprint density at radius 1 is 0.900 bits per heavy atom. The average Bonchev–Trinajstić information content (AvgIpc) is 3.00. The number of amidine groups is 1. The molecule has 0 aliphatic carbocycles. The number of aliphatic hydroxyl groups excluding tert-OH is 1. The van der Waals surface area contributed by atoms with Crippen molar-refractivity contribution in [2.45, 2.75) is 56.1 Å². The number of nitrogens with zero attached hydrogens (tertiary/aromatic N) is 2. The van der Waals surface area contributed by atoms with Gasteiger partial charge in [-0.15, -0.1) is 0 Å². The summed E-state index contributed by atoms with van der Waals surface area (Å²) in [4.78, 5) is 1.91. The minimum absolute atomic E-state index is 0.227. The smallest absolute Gasteiger partial charge is 0.394 e. The largest absolute Gasteiger partial charge is 0.407 e. The van der Waals surface area contributed by atoms with E-state index in [2.05, 4.69) is 11.4 Å². The highest BCUT2D eigenvalue weighted by Crippen LogP contribution is 2.35. The first kappa shape index (κ1) is 30.0. The third-order valence-electron chi connectivity index (χ3n) is 6.62. The zero-order chi connectivity index (χ0) is 28.2. The van der Waals surface area contributed by atoms with Gasteiger partial charge in [-0.05, 0) is 16.7 Å². The summed E-state index contributed by atoms with van der Waals surface area (Å²) in [6.07, 6.45) is -1.45. The van der Waals surface area contributed by atoms with Gasteiger partial charge in [0.05, 0.1) is 46.6 Å². The molecule has 212 valence electrons. The van der Waals surface area contributed by atoms with E-state index in [0.717, 1.165) is 21.9 Å². The number of benzene rings is 3. The van der Waals surface area contributed by atoms with E-state index >= 15 is 0 Å². The molecule has 0 saturated carbocycles. The minimum Gasteiger partial charge on any atom is -0.394 e. The van der Waals surface area contributed by atoms with E-state index in [1.807, 2.05) is 110 Å². The van der Waals surface area contributed by atoms with Crippen LogP contribution < -0.4 is 4.67 Å². The molecule has 0 amide bonds. The fourth-order valence-corrected chi connectivity index (χ4v) is 5.55. The number of thioether (sulfide) groups is 1. The summed E-state index contributed by atoms with van der Waals surface area (Å²) in [6.45, 7) is 4.66. The third-order valence-corrected chi connectivity index (χ3v) is 7.90. The van der Waals surface area contributed by atoms with Crippen LogP contribution in [0.5, 0.6) is 0 Å². The Hall–Kier alpha value is -2.94. The Labute approximate surface area is 241 Å². The molecule has 7 nitrogen and oxygen atoms in total. The van der Waals surface area contributed by atoms with E-state index in [1.54, 1.807) is 0 Å². The number of hydrogen-bond acceptors (Lipinski definition) is 6. The summed E-state index contributed by atoms with van der Waals surface area (Å²) >= 11 is 1.48. The molecule has 0 radical (unpaired) electrons. The first-order chi connectivity index (χ1) is 19.6. The predicted molar refractivity (Wildman–Crippen MR) is 161 cm³/mol. The number of hydrogen-bond donors (Lipinski definition) is 1. The lowest BCUT2D eigenvalue weighted by atomic mass is 9.97. The van der Waals surface area contributed by atoms with E-state index in [9.17, 15) is 5.11 Å². The van der Waals surface area contributed by atoms with Crippen molar-refractivity contribution in [2.24, 2.45) is 0 Å². The van der Waals surface area contributed by atoms with Crippen LogP contribution in [0.15, 0.2) is 91.0 Å². The molecule has 1 aliphatic heterocycles. The molecular formula is C32H39N2O5S+. The summed E-state index contributed by atoms with van der Waals surface area (Å²) in [5, 5.41) is 11.2. The van der Waals surface area contributed by atoms with Gasteiger partial charge >= 0.3 is 5.17 Å². The second-order valence-electron chi connectivity index (χ2n) is 9.83. The summed E-state index contributed by atoms with van der Waals surface area (Å²) in [6, 6.07) is 30.0. The molecule has 0 bridgehead atoms. The van der Waals surface area contributed by atoms with Gasteiger partial charge in [0, 0.05) is 18.2 Å². The standard InChI is InChI=1S/C32H39N2O5S/c1-33-32(34(2)3)40-29-19-27(36-21-24-13-7-4-8-14-24)30(38-23-26-17-11-6-12-18-26)31(39-29)28(20-35)37-22-25-15-9-5-10-16-25/h4-18,27-31,35H,1,19-23H2,2-3H3/q+1. The van der Waals surface area contributed by atoms with Gasteiger partial charge < -0.3 is 24.1 Å². The lowest BCUT2D eigenvalue weighted by molar-refractivity contribution is -0.227. The molecule has 1 aliphatic rings. The van der Waals surface area contributed by atoms with Crippen molar-refractivity contribution in [3.63, 3.8) is 0 Å². The van der Waals surface area contributed by atoms with Gasteiger partial charge in [-0.2, -0.15) is 0 Å². The molecule has 1 fully saturated rings. The fraction of sp³-hybridized carbons (Fsp3) is 0.375. The second-order valence-corrected chi connectivity index (χ2v) is 11.0. The van der Waals surface area contributed by atoms with Crippen LogP contribution in [-0.2, 0) is 38.8 Å². The quantitative estimate of drug-likeness (QED) is 0.200. The lowest BCUT2D eigenvalue weighted by Crippen LogP contribution is -2.56. The molecule has 0 spiro atoms. The Kier molecular flexibility index (Phi) is 11.8. The maximum atomic E-state index is 10.5. The number of ether oxygens (including phenoxy) is 4. The van der Waals surface area contributed by atoms with Crippen LogP contribution in [0.1, 0.15) is 23.1 Å².